The lowest BCUT2D eigenvalue weighted by Crippen LogP contribution is -2.25. The Balaban J connectivity index is 2.21. The summed E-state index contributed by atoms with van der Waals surface area (Å²) < 4.78 is 18.7. The van der Waals surface area contributed by atoms with Crippen LogP contribution in [0.5, 0.6) is 0 Å². The van der Waals surface area contributed by atoms with Crippen molar-refractivity contribution in [2.75, 3.05) is 13.7 Å². The van der Waals surface area contributed by atoms with E-state index in [0.717, 1.165) is 0 Å². The van der Waals surface area contributed by atoms with Crippen LogP contribution in [0.4, 0.5) is 4.39 Å². The number of hydrogen-bond donors (Lipinski definition) is 1. The Kier molecular flexibility index (Phi) is 7.22. The Labute approximate surface area is 125 Å². The highest BCUT2D eigenvalue weighted by molar-refractivity contribution is 9.10. The van der Waals surface area contributed by atoms with Gasteiger partial charge in [-0.1, -0.05) is 22.0 Å². The van der Waals surface area contributed by atoms with Crippen molar-refractivity contribution in [3.05, 3.63) is 34.1 Å². The molecule has 1 rings (SSSR count). The van der Waals surface area contributed by atoms with Gasteiger partial charge in [0.05, 0.1) is 13.5 Å². The molecule has 0 saturated carbocycles. The molecule has 20 heavy (non-hydrogen) atoms. The minimum atomic E-state index is -0.405. The molecular formula is C14H17BrFNO3. The Morgan fingerprint density at radius 1 is 1.35 bits per heavy atom. The van der Waals surface area contributed by atoms with E-state index in [0.29, 0.717) is 29.4 Å². The molecule has 0 saturated heterocycles. The van der Waals surface area contributed by atoms with E-state index in [1.165, 1.54) is 13.2 Å². The Hall–Kier alpha value is -1.43. The third-order valence-electron chi connectivity index (χ3n) is 2.74. The molecule has 1 N–H and O–H groups in total. The van der Waals surface area contributed by atoms with Crippen LogP contribution in [0.15, 0.2) is 22.7 Å². The highest BCUT2D eigenvalue weighted by Crippen LogP contribution is 2.16. The molecule has 1 aromatic rings. The second kappa shape index (κ2) is 8.68. The Bertz CT molecular complexity index is 479. The Morgan fingerprint density at radius 3 is 2.75 bits per heavy atom. The standard InChI is InChI=1S/C14H17BrFNO3/c1-20-14(19)7-6-13(18)17-8-2-3-10-4-5-11(15)9-12(10)16/h4-5,9H,2-3,6-8H2,1H3,(H,17,18). The number of rotatable bonds is 7. The van der Waals surface area contributed by atoms with Crippen molar-refractivity contribution < 1.29 is 18.7 Å². The Morgan fingerprint density at radius 2 is 2.10 bits per heavy atom. The summed E-state index contributed by atoms with van der Waals surface area (Å²) in [4.78, 5) is 22.2. The third kappa shape index (κ3) is 6.14. The second-order valence-electron chi connectivity index (χ2n) is 4.27. The zero-order chi connectivity index (χ0) is 15.0. The monoisotopic (exact) mass is 345 g/mol. The molecule has 4 nitrogen and oxygen atoms in total. The van der Waals surface area contributed by atoms with Gasteiger partial charge in [-0.3, -0.25) is 9.59 Å². The van der Waals surface area contributed by atoms with E-state index >= 15 is 0 Å². The van der Waals surface area contributed by atoms with Gasteiger partial charge in [-0.25, -0.2) is 4.39 Å². The molecule has 0 spiro atoms. The van der Waals surface area contributed by atoms with Crippen molar-refractivity contribution in [3.8, 4) is 0 Å². The lowest BCUT2D eigenvalue weighted by atomic mass is 10.1. The molecule has 1 aromatic carbocycles. The largest absolute Gasteiger partial charge is 0.469 e. The van der Waals surface area contributed by atoms with Crippen LogP contribution in [0.25, 0.3) is 0 Å². The van der Waals surface area contributed by atoms with Gasteiger partial charge >= 0.3 is 5.97 Å². The number of hydrogen-bond acceptors (Lipinski definition) is 3. The van der Waals surface area contributed by atoms with Crippen LogP contribution in [0.3, 0.4) is 0 Å². The topological polar surface area (TPSA) is 55.4 Å². The summed E-state index contributed by atoms with van der Waals surface area (Å²) >= 11 is 3.20. The van der Waals surface area contributed by atoms with Gasteiger partial charge in [0.25, 0.3) is 0 Å². The zero-order valence-corrected chi connectivity index (χ0v) is 12.8. The van der Waals surface area contributed by atoms with E-state index in [1.54, 1.807) is 12.1 Å². The lowest BCUT2D eigenvalue weighted by molar-refractivity contribution is -0.142. The number of methoxy groups -OCH3 is 1. The number of carbonyl (C=O) groups is 2. The molecule has 1 amide bonds. The number of benzene rings is 1. The fourth-order valence-electron chi connectivity index (χ4n) is 1.64. The first-order chi connectivity index (χ1) is 9.52. The van der Waals surface area contributed by atoms with Crippen molar-refractivity contribution in [2.24, 2.45) is 0 Å². The number of aryl methyl sites for hydroxylation is 1. The predicted molar refractivity (Wildman–Crippen MR) is 76.7 cm³/mol. The molecule has 0 aromatic heterocycles. The van der Waals surface area contributed by atoms with Crippen LogP contribution >= 0.6 is 15.9 Å². The SMILES string of the molecule is COC(=O)CCC(=O)NCCCc1ccc(Br)cc1F. The molecule has 0 atom stereocenters. The maximum atomic E-state index is 13.5. The molecule has 0 aliphatic rings. The maximum Gasteiger partial charge on any atom is 0.306 e. The first-order valence-electron chi connectivity index (χ1n) is 6.30. The van der Waals surface area contributed by atoms with Crippen molar-refractivity contribution in [2.45, 2.75) is 25.7 Å². The summed E-state index contributed by atoms with van der Waals surface area (Å²) in [6.07, 6.45) is 1.38. The van der Waals surface area contributed by atoms with E-state index in [4.69, 9.17) is 0 Å². The summed E-state index contributed by atoms with van der Waals surface area (Å²) in [5.74, 6) is -0.861. The average molecular weight is 346 g/mol. The second-order valence-corrected chi connectivity index (χ2v) is 5.18. The van der Waals surface area contributed by atoms with Gasteiger partial charge in [0.1, 0.15) is 5.82 Å². The number of amides is 1. The molecule has 110 valence electrons. The van der Waals surface area contributed by atoms with Crippen LogP contribution in [0.1, 0.15) is 24.8 Å². The van der Waals surface area contributed by atoms with Crippen molar-refractivity contribution in [1.29, 1.82) is 0 Å². The molecule has 0 fully saturated rings. The van der Waals surface area contributed by atoms with Crippen LogP contribution in [0.2, 0.25) is 0 Å². The molecule has 0 unspecified atom stereocenters. The van der Waals surface area contributed by atoms with Gasteiger partial charge in [0, 0.05) is 17.4 Å². The van der Waals surface area contributed by atoms with Gasteiger partial charge in [0.2, 0.25) is 5.91 Å². The number of ether oxygens (including phenoxy) is 1. The molecule has 6 heteroatoms. The van der Waals surface area contributed by atoms with Gasteiger partial charge in [-0.2, -0.15) is 0 Å². The summed E-state index contributed by atoms with van der Waals surface area (Å²) in [6.45, 7) is 0.454. The number of nitrogens with one attached hydrogen (secondary N) is 1. The van der Waals surface area contributed by atoms with E-state index in [1.807, 2.05) is 0 Å². The summed E-state index contributed by atoms with van der Waals surface area (Å²) in [7, 11) is 1.28. The van der Waals surface area contributed by atoms with E-state index < -0.39 is 5.97 Å². The fourth-order valence-corrected chi connectivity index (χ4v) is 1.97. The van der Waals surface area contributed by atoms with Crippen molar-refractivity contribution in [3.63, 3.8) is 0 Å². The van der Waals surface area contributed by atoms with E-state index in [9.17, 15) is 14.0 Å². The molecular weight excluding hydrogens is 329 g/mol. The third-order valence-corrected chi connectivity index (χ3v) is 3.24. The van der Waals surface area contributed by atoms with Crippen molar-refractivity contribution in [1.82, 2.24) is 5.32 Å². The van der Waals surface area contributed by atoms with E-state index in [2.05, 4.69) is 26.0 Å². The van der Waals surface area contributed by atoms with E-state index in [-0.39, 0.29) is 24.6 Å². The molecule has 0 aliphatic heterocycles. The van der Waals surface area contributed by atoms with Gasteiger partial charge in [0.15, 0.2) is 0 Å². The van der Waals surface area contributed by atoms with Gasteiger partial charge < -0.3 is 10.1 Å². The van der Waals surface area contributed by atoms with Crippen LogP contribution < -0.4 is 5.32 Å². The number of carbonyl (C=O) groups excluding carboxylic acids is 2. The molecule has 0 bridgehead atoms. The highest BCUT2D eigenvalue weighted by atomic mass is 79.9. The average Bonchev–Trinajstić information content (AvgIpc) is 2.42. The normalized spacial score (nSPS) is 10.2. The molecule has 0 heterocycles. The van der Waals surface area contributed by atoms with Gasteiger partial charge in [-0.05, 0) is 30.5 Å². The molecule has 0 radical (unpaired) electrons. The van der Waals surface area contributed by atoms with Crippen molar-refractivity contribution >= 4 is 27.8 Å². The van der Waals surface area contributed by atoms with Gasteiger partial charge in [-0.15, -0.1) is 0 Å². The quantitative estimate of drug-likeness (QED) is 0.610. The smallest absolute Gasteiger partial charge is 0.306 e. The minimum Gasteiger partial charge on any atom is -0.469 e. The van der Waals surface area contributed by atoms with Crippen LogP contribution in [-0.2, 0) is 20.7 Å². The maximum absolute atomic E-state index is 13.5. The first kappa shape index (κ1) is 16.6. The first-order valence-corrected chi connectivity index (χ1v) is 7.09. The van der Waals surface area contributed by atoms with Crippen LogP contribution in [-0.4, -0.2) is 25.5 Å². The summed E-state index contributed by atoms with van der Waals surface area (Å²) in [5.41, 5.74) is 0.622. The summed E-state index contributed by atoms with van der Waals surface area (Å²) in [6, 6.07) is 4.93. The summed E-state index contributed by atoms with van der Waals surface area (Å²) in [5, 5.41) is 2.68. The lowest BCUT2D eigenvalue weighted by Gasteiger charge is -2.06. The molecule has 0 aliphatic carbocycles. The number of halogens is 2. The fraction of sp³-hybridized carbons (Fsp3) is 0.429. The highest BCUT2D eigenvalue weighted by Gasteiger charge is 2.06. The number of esters is 1. The zero-order valence-electron chi connectivity index (χ0n) is 11.2. The minimum absolute atomic E-state index is 0.0731. The predicted octanol–water partition coefficient (Wildman–Crippen LogP) is 2.59. The van der Waals surface area contributed by atoms with Crippen LogP contribution in [0, 0.1) is 5.82 Å².